The van der Waals surface area contributed by atoms with E-state index in [0.717, 1.165) is 27.6 Å². The van der Waals surface area contributed by atoms with Crippen molar-refractivity contribution in [1.29, 1.82) is 0 Å². The van der Waals surface area contributed by atoms with Crippen molar-refractivity contribution < 1.29 is 4.79 Å². The highest BCUT2D eigenvalue weighted by atomic mass is 79.9. The number of fused-ring (bicyclic) bond motifs is 2. The first kappa shape index (κ1) is 17.9. The fourth-order valence-electron chi connectivity index (χ4n) is 3.82. The maximum absolute atomic E-state index is 13.2. The molecule has 144 valence electrons. The lowest BCUT2D eigenvalue weighted by Crippen LogP contribution is -2.39. The second kappa shape index (κ2) is 7.04. The quantitative estimate of drug-likeness (QED) is 0.467. The SMILES string of the molecule is CC1c2cc(-c3cncnc3)ccc2CCN1C(=O)c1cc2ncc(Br)cn2n1. The fraction of sp³-hybridized carbons (Fsp3) is 0.190. The van der Waals surface area contributed by atoms with E-state index in [0.29, 0.717) is 17.9 Å². The minimum atomic E-state index is -0.0850. The predicted molar refractivity (Wildman–Crippen MR) is 111 cm³/mol. The lowest BCUT2D eigenvalue weighted by molar-refractivity contribution is 0.0671. The Hall–Kier alpha value is -3.13. The number of hydrogen-bond donors (Lipinski definition) is 0. The molecule has 0 spiro atoms. The lowest BCUT2D eigenvalue weighted by Gasteiger charge is -2.35. The van der Waals surface area contributed by atoms with Gasteiger partial charge in [-0.05, 0) is 52.0 Å². The summed E-state index contributed by atoms with van der Waals surface area (Å²) in [5.74, 6) is -0.0850. The minimum absolute atomic E-state index is 0.0552. The molecule has 0 N–H and O–H groups in total. The summed E-state index contributed by atoms with van der Waals surface area (Å²) in [5, 5.41) is 4.42. The van der Waals surface area contributed by atoms with Crippen molar-refractivity contribution in [2.75, 3.05) is 6.54 Å². The van der Waals surface area contributed by atoms with E-state index in [9.17, 15) is 4.79 Å². The first-order valence-electron chi connectivity index (χ1n) is 9.30. The van der Waals surface area contributed by atoms with Crippen molar-refractivity contribution in [3.63, 3.8) is 0 Å². The van der Waals surface area contributed by atoms with Crippen LogP contribution in [0.4, 0.5) is 0 Å². The summed E-state index contributed by atoms with van der Waals surface area (Å²) in [6.45, 7) is 2.72. The predicted octanol–water partition coefficient (Wildman–Crippen LogP) is 3.71. The standard InChI is InChI=1S/C21H17BrN6O/c1-13-18-6-15(16-8-23-12-24-9-16)3-2-14(18)4-5-27(13)21(29)19-7-20-25-10-17(22)11-28(20)26-19/h2-3,6-13H,4-5H2,1H3. The van der Waals surface area contributed by atoms with Crippen LogP contribution in [0.1, 0.15) is 34.6 Å². The maximum atomic E-state index is 13.2. The number of halogens is 1. The van der Waals surface area contributed by atoms with Crippen molar-refractivity contribution in [3.8, 4) is 11.1 Å². The monoisotopic (exact) mass is 448 g/mol. The van der Waals surface area contributed by atoms with Gasteiger partial charge >= 0.3 is 0 Å². The Morgan fingerprint density at radius 2 is 1.97 bits per heavy atom. The second-order valence-corrected chi connectivity index (χ2v) is 7.99. The topological polar surface area (TPSA) is 76.3 Å². The van der Waals surface area contributed by atoms with E-state index in [-0.39, 0.29) is 11.9 Å². The molecule has 5 rings (SSSR count). The van der Waals surface area contributed by atoms with E-state index in [4.69, 9.17) is 0 Å². The van der Waals surface area contributed by atoms with Gasteiger partial charge in [-0.2, -0.15) is 5.10 Å². The van der Waals surface area contributed by atoms with Crippen molar-refractivity contribution in [2.45, 2.75) is 19.4 Å². The number of carbonyl (C=O) groups excluding carboxylic acids is 1. The molecule has 0 aliphatic carbocycles. The van der Waals surface area contributed by atoms with Crippen molar-refractivity contribution in [1.82, 2.24) is 29.5 Å². The average molecular weight is 449 g/mol. The number of aromatic nitrogens is 5. The maximum Gasteiger partial charge on any atom is 0.274 e. The molecule has 1 amide bonds. The molecular weight excluding hydrogens is 432 g/mol. The first-order chi connectivity index (χ1) is 14.1. The summed E-state index contributed by atoms with van der Waals surface area (Å²) < 4.78 is 2.43. The van der Waals surface area contributed by atoms with Crippen LogP contribution in [0.15, 0.2) is 59.9 Å². The molecule has 0 fully saturated rings. The highest BCUT2D eigenvalue weighted by molar-refractivity contribution is 9.10. The summed E-state index contributed by atoms with van der Waals surface area (Å²) >= 11 is 3.38. The van der Waals surface area contributed by atoms with E-state index in [1.165, 1.54) is 11.9 Å². The third-order valence-electron chi connectivity index (χ3n) is 5.34. The fourth-order valence-corrected chi connectivity index (χ4v) is 4.12. The smallest absolute Gasteiger partial charge is 0.274 e. The Morgan fingerprint density at radius 1 is 1.14 bits per heavy atom. The molecule has 0 radical (unpaired) electrons. The number of nitrogens with zero attached hydrogens (tertiary/aromatic N) is 6. The molecule has 4 heterocycles. The molecule has 29 heavy (non-hydrogen) atoms. The highest BCUT2D eigenvalue weighted by Gasteiger charge is 2.30. The van der Waals surface area contributed by atoms with Crippen molar-refractivity contribution >= 4 is 27.5 Å². The third kappa shape index (κ3) is 3.19. The van der Waals surface area contributed by atoms with Crippen LogP contribution in [-0.2, 0) is 6.42 Å². The van der Waals surface area contributed by atoms with Gasteiger partial charge in [0, 0.05) is 43.0 Å². The molecule has 1 aliphatic rings. The van der Waals surface area contributed by atoms with Gasteiger partial charge in [0.25, 0.3) is 5.91 Å². The van der Waals surface area contributed by atoms with Crippen molar-refractivity contribution in [3.05, 3.63) is 76.7 Å². The summed E-state index contributed by atoms with van der Waals surface area (Å²) in [7, 11) is 0. The molecular formula is C21H17BrN6O. The lowest BCUT2D eigenvalue weighted by atomic mass is 9.90. The Bertz CT molecular complexity index is 1220. The third-order valence-corrected chi connectivity index (χ3v) is 5.75. The van der Waals surface area contributed by atoms with E-state index in [1.54, 1.807) is 35.4 Å². The van der Waals surface area contributed by atoms with E-state index >= 15 is 0 Å². The van der Waals surface area contributed by atoms with E-state index in [2.05, 4.69) is 61.1 Å². The zero-order valence-electron chi connectivity index (χ0n) is 15.7. The molecule has 0 bridgehead atoms. The summed E-state index contributed by atoms with van der Waals surface area (Å²) in [6, 6.07) is 8.05. The minimum Gasteiger partial charge on any atom is -0.330 e. The number of amides is 1. The number of hydrogen-bond acceptors (Lipinski definition) is 5. The van der Waals surface area contributed by atoms with Gasteiger partial charge in [-0.25, -0.2) is 19.5 Å². The van der Waals surface area contributed by atoms with Crippen LogP contribution in [-0.4, -0.2) is 41.9 Å². The molecule has 4 aromatic rings. The van der Waals surface area contributed by atoms with Gasteiger partial charge in [-0.3, -0.25) is 4.79 Å². The molecule has 8 heteroatoms. The molecule has 0 saturated heterocycles. The number of benzene rings is 1. The van der Waals surface area contributed by atoms with Crippen LogP contribution in [0.2, 0.25) is 0 Å². The van der Waals surface area contributed by atoms with Crippen LogP contribution >= 0.6 is 15.9 Å². The molecule has 1 aromatic carbocycles. The molecule has 3 aromatic heterocycles. The van der Waals surface area contributed by atoms with Gasteiger partial charge < -0.3 is 4.90 Å². The number of carbonyl (C=O) groups is 1. The van der Waals surface area contributed by atoms with Crippen LogP contribution in [0.5, 0.6) is 0 Å². The van der Waals surface area contributed by atoms with Crippen LogP contribution in [0, 0.1) is 0 Å². The van der Waals surface area contributed by atoms with Gasteiger partial charge in [0.05, 0.1) is 10.5 Å². The zero-order valence-corrected chi connectivity index (χ0v) is 17.2. The normalized spacial score (nSPS) is 16.1. The Kier molecular flexibility index (Phi) is 4.35. The van der Waals surface area contributed by atoms with E-state index < -0.39 is 0 Å². The molecule has 7 nitrogen and oxygen atoms in total. The zero-order chi connectivity index (χ0) is 20.0. The Balaban J connectivity index is 1.48. The Morgan fingerprint density at radius 3 is 2.79 bits per heavy atom. The molecule has 1 aliphatic heterocycles. The number of rotatable bonds is 2. The van der Waals surface area contributed by atoms with Gasteiger partial charge in [0.2, 0.25) is 0 Å². The van der Waals surface area contributed by atoms with Gasteiger partial charge in [0.15, 0.2) is 11.3 Å². The summed E-state index contributed by atoms with van der Waals surface area (Å²) in [4.78, 5) is 27.6. The van der Waals surface area contributed by atoms with Gasteiger partial charge in [0.1, 0.15) is 6.33 Å². The van der Waals surface area contributed by atoms with Gasteiger partial charge in [-0.1, -0.05) is 12.1 Å². The van der Waals surface area contributed by atoms with Crippen LogP contribution < -0.4 is 0 Å². The van der Waals surface area contributed by atoms with Gasteiger partial charge in [-0.15, -0.1) is 0 Å². The largest absolute Gasteiger partial charge is 0.330 e. The highest BCUT2D eigenvalue weighted by Crippen LogP contribution is 2.33. The second-order valence-electron chi connectivity index (χ2n) is 7.07. The van der Waals surface area contributed by atoms with Crippen LogP contribution in [0.25, 0.3) is 16.8 Å². The Labute approximate surface area is 175 Å². The molecule has 1 unspecified atom stereocenters. The first-order valence-corrected chi connectivity index (χ1v) is 10.1. The van der Waals surface area contributed by atoms with E-state index in [1.807, 2.05) is 4.90 Å². The van der Waals surface area contributed by atoms with Crippen LogP contribution in [0.3, 0.4) is 0 Å². The van der Waals surface area contributed by atoms with Crippen molar-refractivity contribution in [2.24, 2.45) is 0 Å². The average Bonchev–Trinajstić information content (AvgIpc) is 3.17. The summed E-state index contributed by atoms with van der Waals surface area (Å²) in [6.07, 6.45) is 9.42. The molecule has 1 atom stereocenters. The summed E-state index contributed by atoms with van der Waals surface area (Å²) in [5.41, 5.74) is 5.47. The molecule has 0 saturated carbocycles.